The van der Waals surface area contributed by atoms with Crippen molar-refractivity contribution in [1.29, 1.82) is 5.26 Å². The number of benzene rings is 2. The molecular formula is C34H37N5O4. The van der Waals surface area contributed by atoms with Crippen molar-refractivity contribution in [2.45, 2.75) is 38.8 Å². The zero-order valence-electron chi connectivity index (χ0n) is 24.7. The molecule has 2 atom stereocenters. The second kappa shape index (κ2) is 13.6. The molecule has 0 unspecified atom stereocenters. The molecular weight excluding hydrogens is 542 g/mol. The molecule has 43 heavy (non-hydrogen) atoms. The van der Waals surface area contributed by atoms with Gasteiger partial charge in [-0.1, -0.05) is 19.1 Å². The van der Waals surface area contributed by atoms with Crippen LogP contribution in [-0.4, -0.2) is 71.7 Å². The minimum absolute atomic E-state index is 0.0490. The second-order valence-electron chi connectivity index (χ2n) is 11.5. The quantitative estimate of drug-likeness (QED) is 0.395. The van der Waals surface area contributed by atoms with E-state index in [0.717, 1.165) is 26.1 Å². The van der Waals surface area contributed by atoms with Crippen molar-refractivity contribution in [2.24, 2.45) is 11.8 Å². The summed E-state index contributed by atoms with van der Waals surface area (Å²) in [7, 11) is 1.59. The molecule has 1 N–H and O–H groups in total. The largest absolute Gasteiger partial charge is 0.497 e. The van der Waals surface area contributed by atoms with E-state index in [4.69, 9.17) is 10.00 Å². The van der Waals surface area contributed by atoms with Crippen LogP contribution in [0.4, 0.5) is 0 Å². The number of ketones is 1. The Morgan fingerprint density at radius 2 is 1.65 bits per heavy atom. The van der Waals surface area contributed by atoms with E-state index >= 15 is 0 Å². The lowest BCUT2D eigenvalue weighted by Gasteiger charge is -2.37. The average Bonchev–Trinajstić information content (AvgIpc) is 3.06. The number of carbonyl (C=O) groups excluding carboxylic acids is 3. The van der Waals surface area contributed by atoms with E-state index in [1.807, 2.05) is 24.3 Å². The number of amides is 2. The fourth-order valence-corrected chi connectivity index (χ4v) is 5.94. The van der Waals surface area contributed by atoms with Crippen molar-refractivity contribution in [3.8, 4) is 11.8 Å². The minimum atomic E-state index is -0.193. The van der Waals surface area contributed by atoms with Gasteiger partial charge in [0.1, 0.15) is 11.4 Å². The number of ether oxygens (including phenoxy) is 1. The smallest absolute Gasteiger partial charge is 0.272 e. The lowest BCUT2D eigenvalue weighted by atomic mass is 9.88. The van der Waals surface area contributed by atoms with Crippen molar-refractivity contribution in [3.05, 3.63) is 94.8 Å². The van der Waals surface area contributed by atoms with Gasteiger partial charge in [0.2, 0.25) is 0 Å². The van der Waals surface area contributed by atoms with Crippen LogP contribution < -0.4 is 10.1 Å². The summed E-state index contributed by atoms with van der Waals surface area (Å²) < 4.78 is 5.17. The van der Waals surface area contributed by atoms with Crippen LogP contribution in [0, 0.1) is 23.2 Å². The predicted octanol–water partition coefficient (Wildman–Crippen LogP) is 4.34. The van der Waals surface area contributed by atoms with Crippen LogP contribution in [0.3, 0.4) is 0 Å². The van der Waals surface area contributed by atoms with E-state index in [1.165, 1.54) is 11.8 Å². The zero-order chi connectivity index (χ0) is 30.3. The van der Waals surface area contributed by atoms with Crippen molar-refractivity contribution in [2.75, 3.05) is 33.3 Å². The van der Waals surface area contributed by atoms with E-state index in [0.29, 0.717) is 54.1 Å². The third-order valence-electron chi connectivity index (χ3n) is 8.57. The van der Waals surface area contributed by atoms with Crippen molar-refractivity contribution < 1.29 is 19.1 Å². The van der Waals surface area contributed by atoms with E-state index in [1.54, 1.807) is 48.4 Å². The number of pyridine rings is 1. The number of nitrogens with zero attached hydrogens (tertiary/aromatic N) is 4. The number of hydrogen-bond acceptors (Lipinski definition) is 7. The van der Waals surface area contributed by atoms with Gasteiger partial charge in [0.15, 0.2) is 5.78 Å². The molecule has 9 heteroatoms. The van der Waals surface area contributed by atoms with Crippen LogP contribution >= 0.6 is 0 Å². The first-order valence-corrected chi connectivity index (χ1v) is 14.8. The van der Waals surface area contributed by atoms with Crippen LogP contribution in [0.25, 0.3) is 0 Å². The number of carbonyl (C=O) groups is 3. The number of nitrogens with one attached hydrogen (secondary N) is 1. The van der Waals surface area contributed by atoms with Gasteiger partial charge in [0.25, 0.3) is 11.8 Å². The molecule has 0 aliphatic carbocycles. The van der Waals surface area contributed by atoms with Gasteiger partial charge in [-0.05, 0) is 79.3 Å². The number of Topliss-reactive ketones (excluding diaryl/α,β-unsaturated/α-hetero) is 1. The molecule has 0 saturated carbocycles. The Morgan fingerprint density at radius 1 is 0.953 bits per heavy atom. The van der Waals surface area contributed by atoms with Crippen LogP contribution in [0.5, 0.6) is 5.75 Å². The standard InChI is InChI=1S/C34H37N5O4/c1-23-21-38(22-25-5-3-24(19-35)4-6-25)16-15-30(23)37-33(41)28-9-12-31(36-20-28)34(42)39-17-13-27(14-18-39)32(40)26-7-10-29(43-2)11-8-26/h3-12,20,23,27,30H,13-18,21-22H2,1-2H3,(H,37,41)/t23-,30+/m0/s1. The molecule has 3 heterocycles. The molecule has 222 valence electrons. The molecule has 0 spiro atoms. The summed E-state index contributed by atoms with van der Waals surface area (Å²) in [5.41, 5.74) is 3.20. The summed E-state index contributed by atoms with van der Waals surface area (Å²) in [6.45, 7) is 5.65. The number of rotatable bonds is 8. The lowest BCUT2D eigenvalue weighted by molar-refractivity contribution is 0.0645. The summed E-state index contributed by atoms with van der Waals surface area (Å²) >= 11 is 0. The summed E-state index contributed by atoms with van der Waals surface area (Å²) in [6, 6.07) is 20.3. The monoisotopic (exact) mass is 579 g/mol. The molecule has 2 saturated heterocycles. The van der Waals surface area contributed by atoms with Crippen LogP contribution in [-0.2, 0) is 6.54 Å². The maximum Gasteiger partial charge on any atom is 0.272 e. The number of nitriles is 1. The number of likely N-dealkylation sites (tertiary alicyclic amines) is 2. The summed E-state index contributed by atoms with van der Waals surface area (Å²) in [6.07, 6.45) is 3.50. The fraction of sp³-hybridized carbons (Fsp3) is 0.382. The average molecular weight is 580 g/mol. The van der Waals surface area contributed by atoms with E-state index in [9.17, 15) is 14.4 Å². The molecule has 1 aromatic heterocycles. The third-order valence-corrected chi connectivity index (χ3v) is 8.57. The molecule has 2 aliphatic heterocycles. The lowest BCUT2D eigenvalue weighted by Crippen LogP contribution is -2.49. The molecule has 9 nitrogen and oxygen atoms in total. The molecule has 0 bridgehead atoms. The fourth-order valence-electron chi connectivity index (χ4n) is 5.94. The number of hydrogen-bond donors (Lipinski definition) is 1. The summed E-state index contributed by atoms with van der Waals surface area (Å²) in [4.78, 5) is 47.4. The zero-order valence-corrected chi connectivity index (χ0v) is 24.7. The van der Waals surface area contributed by atoms with Crippen LogP contribution in [0.15, 0.2) is 66.9 Å². The molecule has 2 fully saturated rings. The molecule has 2 aromatic carbocycles. The summed E-state index contributed by atoms with van der Waals surface area (Å²) in [5, 5.41) is 12.2. The SMILES string of the molecule is COc1ccc(C(=O)C2CCN(C(=O)c3ccc(C(=O)N[C@@H]4CCN(Cc5ccc(C#N)cc5)C[C@@H]4C)cn3)CC2)cc1. The van der Waals surface area contributed by atoms with Crippen LogP contribution in [0.2, 0.25) is 0 Å². The first-order valence-electron chi connectivity index (χ1n) is 14.8. The number of piperidine rings is 2. The molecule has 5 rings (SSSR count). The Bertz CT molecular complexity index is 1470. The van der Waals surface area contributed by atoms with Gasteiger partial charge >= 0.3 is 0 Å². The van der Waals surface area contributed by atoms with Gasteiger partial charge in [0.05, 0.1) is 24.3 Å². The first kappa shape index (κ1) is 29.9. The topological polar surface area (TPSA) is 116 Å². The second-order valence-corrected chi connectivity index (χ2v) is 11.5. The number of methoxy groups -OCH3 is 1. The molecule has 2 amide bonds. The maximum atomic E-state index is 13.1. The molecule has 3 aromatic rings. The van der Waals surface area contributed by atoms with E-state index in [-0.39, 0.29) is 35.5 Å². The highest BCUT2D eigenvalue weighted by molar-refractivity contribution is 5.99. The predicted molar refractivity (Wildman–Crippen MR) is 162 cm³/mol. The highest BCUT2D eigenvalue weighted by atomic mass is 16.5. The van der Waals surface area contributed by atoms with Crippen molar-refractivity contribution >= 4 is 17.6 Å². The maximum absolute atomic E-state index is 13.1. The van der Waals surface area contributed by atoms with Gasteiger partial charge in [-0.25, -0.2) is 0 Å². The summed E-state index contributed by atoms with van der Waals surface area (Å²) in [5.74, 6) is 0.563. The highest BCUT2D eigenvalue weighted by Gasteiger charge is 2.30. The van der Waals surface area contributed by atoms with Crippen molar-refractivity contribution in [3.63, 3.8) is 0 Å². The van der Waals surface area contributed by atoms with Gasteiger partial charge in [-0.3, -0.25) is 24.3 Å². The minimum Gasteiger partial charge on any atom is -0.497 e. The first-order chi connectivity index (χ1) is 20.8. The number of aromatic nitrogens is 1. The Hall–Kier alpha value is -4.55. The van der Waals surface area contributed by atoms with Gasteiger partial charge in [0, 0.05) is 56.4 Å². The Kier molecular flexibility index (Phi) is 9.48. The Labute approximate surface area is 252 Å². The van der Waals surface area contributed by atoms with Gasteiger partial charge in [-0.15, -0.1) is 0 Å². The van der Waals surface area contributed by atoms with Gasteiger partial charge < -0.3 is 15.0 Å². The highest BCUT2D eigenvalue weighted by Crippen LogP contribution is 2.24. The molecule has 2 aliphatic rings. The van der Waals surface area contributed by atoms with Gasteiger partial charge in [-0.2, -0.15) is 5.26 Å². The van der Waals surface area contributed by atoms with E-state index < -0.39 is 0 Å². The normalized spacial score (nSPS) is 19.3. The Morgan fingerprint density at radius 3 is 2.26 bits per heavy atom. The van der Waals surface area contributed by atoms with E-state index in [2.05, 4.69) is 28.2 Å². The van der Waals surface area contributed by atoms with Crippen LogP contribution in [0.1, 0.15) is 68.5 Å². The van der Waals surface area contributed by atoms with Crippen molar-refractivity contribution in [1.82, 2.24) is 20.1 Å². The molecule has 0 radical (unpaired) electrons. The Balaban J connectivity index is 1.09. The third kappa shape index (κ3) is 7.27.